The van der Waals surface area contributed by atoms with Crippen LogP contribution in [0.5, 0.6) is 17.4 Å². The summed E-state index contributed by atoms with van der Waals surface area (Å²) in [6.45, 7) is 6.98. The second-order valence-corrected chi connectivity index (χ2v) is 6.06. The summed E-state index contributed by atoms with van der Waals surface area (Å²) in [6, 6.07) is 10.9. The Morgan fingerprint density at radius 2 is 1.77 bits per heavy atom. The van der Waals surface area contributed by atoms with Crippen molar-refractivity contribution in [2.45, 2.75) is 39.8 Å². The highest BCUT2D eigenvalue weighted by Crippen LogP contribution is 2.17. The molecule has 0 spiro atoms. The Labute approximate surface area is 154 Å². The molecule has 1 N–H and O–H groups in total. The number of nitrogens with one attached hydrogen (secondary N) is 1. The number of nitrogens with zero attached hydrogens (tertiary/aromatic N) is 1. The predicted molar refractivity (Wildman–Crippen MR) is 99.6 cm³/mol. The molecule has 1 aromatic heterocycles. The smallest absolute Gasteiger partial charge is 0.258 e. The second kappa shape index (κ2) is 10.3. The van der Waals surface area contributed by atoms with E-state index in [1.165, 1.54) is 0 Å². The van der Waals surface area contributed by atoms with Gasteiger partial charge in [-0.2, -0.15) is 0 Å². The zero-order valence-electron chi connectivity index (χ0n) is 15.5. The average molecular weight is 358 g/mol. The van der Waals surface area contributed by atoms with Gasteiger partial charge in [-0.15, -0.1) is 0 Å². The molecule has 1 amide bonds. The zero-order chi connectivity index (χ0) is 18.8. The molecule has 0 fully saturated rings. The summed E-state index contributed by atoms with van der Waals surface area (Å²) in [6.07, 6.45) is 2.73. The van der Waals surface area contributed by atoms with E-state index in [4.69, 9.17) is 14.2 Å². The molecular weight excluding hydrogens is 332 g/mol. The van der Waals surface area contributed by atoms with Gasteiger partial charge in [0.15, 0.2) is 6.61 Å². The van der Waals surface area contributed by atoms with Gasteiger partial charge in [-0.25, -0.2) is 4.98 Å². The van der Waals surface area contributed by atoms with Gasteiger partial charge in [0.2, 0.25) is 5.88 Å². The first-order valence-corrected chi connectivity index (χ1v) is 8.80. The van der Waals surface area contributed by atoms with E-state index in [1.807, 2.05) is 32.0 Å². The van der Waals surface area contributed by atoms with Gasteiger partial charge in [0.1, 0.15) is 11.5 Å². The topological polar surface area (TPSA) is 69.7 Å². The maximum Gasteiger partial charge on any atom is 0.258 e. The maximum atomic E-state index is 11.9. The molecular formula is C20H26N2O4. The number of amides is 1. The summed E-state index contributed by atoms with van der Waals surface area (Å²) < 4.78 is 16.5. The highest BCUT2D eigenvalue weighted by molar-refractivity contribution is 5.77. The van der Waals surface area contributed by atoms with Crippen LogP contribution in [0.15, 0.2) is 42.6 Å². The molecule has 1 heterocycles. The van der Waals surface area contributed by atoms with E-state index in [1.54, 1.807) is 24.4 Å². The summed E-state index contributed by atoms with van der Waals surface area (Å²) in [4.78, 5) is 16.1. The Morgan fingerprint density at radius 3 is 2.35 bits per heavy atom. The molecule has 0 saturated carbocycles. The summed E-state index contributed by atoms with van der Waals surface area (Å²) in [5.74, 6) is 1.80. The van der Waals surface area contributed by atoms with E-state index in [0.717, 1.165) is 17.7 Å². The van der Waals surface area contributed by atoms with Crippen LogP contribution >= 0.6 is 0 Å². The van der Waals surface area contributed by atoms with Crippen molar-refractivity contribution in [1.29, 1.82) is 0 Å². The average Bonchev–Trinajstić information content (AvgIpc) is 2.64. The number of benzene rings is 1. The first-order chi connectivity index (χ1) is 12.6. The summed E-state index contributed by atoms with van der Waals surface area (Å²) in [5.41, 5.74) is 0.895. The quantitative estimate of drug-likeness (QED) is 0.705. The molecule has 0 aliphatic heterocycles. The molecule has 0 radical (unpaired) electrons. The van der Waals surface area contributed by atoms with Gasteiger partial charge in [-0.1, -0.05) is 13.0 Å². The minimum atomic E-state index is -0.196. The van der Waals surface area contributed by atoms with Crippen LogP contribution in [-0.4, -0.2) is 30.2 Å². The molecule has 2 rings (SSSR count). The Hall–Kier alpha value is -2.76. The normalized spacial score (nSPS) is 10.5. The van der Waals surface area contributed by atoms with Gasteiger partial charge in [0, 0.05) is 18.8 Å². The molecule has 0 saturated heterocycles. The van der Waals surface area contributed by atoms with Crippen molar-refractivity contribution in [3.05, 3.63) is 48.2 Å². The minimum absolute atomic E-state index is 0.0445. The van der Waals surface area contributed by atoms with Gasteiger partial charge < -0.3 is 19.5 Å². The molecule has 140 valence electrons. The fourth-order valence-corrected chi connectivity index (χ4v) is 2.08. The van der Waals surface area contributed by atoms with Crippen LogP contribution in [0, 0.1) is 0 Å². The van der Waals surface area contributed by atoms with Gasteiger partial charge in [0.25, 0.3) is 5.91 Å². The molecule has 6 nitrogen and oxygen atoms in total. The molecule has 1 aromatic carbocycles. The van der Waals surface area contributed by atoms with E-state index in [-0.39, 0.29) is 18.6 Å². The molecule has 0 bridgehead atoms. The maximum absolute atomic E-state index is 11.9. The van der Waals surface area contributed by atoms with Crippen molar-refractivity contribution in [2.75, 3.05) is 13.2 Å². The minimum Gasteiger partial charge on any atom is -0.494 e. The third-order valence-electron chi connectivity index (χ3n) is 3.31. The summed E-state index contributed by atoms with van der Waals surface area (Å²) in [5, 5.41) is 2.80. The first-order valence-electron chi connectivity index (χ1n) is 8.80. The standard InChI is InChI=1S/C20H26N2O4/c1-4-11-24-17-6-8-18(9-7-17)25-14-19(23)21-12-16-5-10-20(22-13-16)26-15(2)3/h5-10,13,15H,4,11-12,14H2,1-3H3,(H,21,23). The van der Waals surface area contributed by atoms with Crippen LogP contribution in [0.2, 0.25) is 0 Å². The number of ether oxygens (including phenoxy) is 3. The van der Waals surface area contributed by atoms with Crippen LogP contribution in [-0.2, 0) is 11.3 Å². The fraction of sp³-hybridized carbons (Fsp3) is 0.400. The van der Waals surface area contributed by atoms with E-state index < -0.39 is 0 Å². The third-order valence-corrected chi connectivity index (χ3v) is 3.31. The molecule has 0 aliphatic carbocycles. The number of carbonyl (C=O) groups is 1. The summed E-state index contributed by atoms with van der Waals surface area (Å²) in [7, 11) is 0. The number of aromatic nitrogens is 1. The van der Waals surface area contributed by atoms with Gasteiger partial charge in [0.05, 0.1) is 12.7 Å². The van der Waals surface area contributed by atoms with Crippen LogP contribution < -0.4 is 19.5 Å². The van der Waals surface area contributed by atoms with Crippen molar-refractivity contribution >= 4 is 5.91 Å². The second-order valence-electron chi connectivity index (χ2n) is 6.06. The third kappa shape index (κ3) is 7.01. The Kier molecular flexibility index (Phi) is 7.74. The number of pyridine rings is 1. The van der Waals surface area contributed by atoms with E-state index in [0.29, 0.717) is 24.8 Å². The van der Waals surface area contributed by atoms with E-state index in [9.17, 15) is 4.79 Å². The van der Waals surface area contributed by atoms with Crippen molar-refractivity contribution in [1.82, 2.24) is 10.3 Å². The fourth-order valence-electron chi connectivity index (χ4n) is 2.08. The van der Waals surface area contributed by atoms with Crippen molar-refractivity contribution < 1.29 is 19.0 Å². The van der Waals surface area contributed by atoms with Crippen LogP contribution in [0.4, 0.5) is 0 Å². The van der Waals surface area contributed by atoms with E-state index in [2.05, 4.69) is 17.2 Å². The monoisotopic (exact) mass is 358 g/mol. The number of hydrogen-bond acceptors (Lipinski definition) is 5. The molecule has 6 heteroatoms. The lowest BCUT2D eigenvalue weighted by Gasteiger charge is -2.10. The van der Waals surface area contributed by atoms with E-state index >= 15 is 0 Å². The zero-order valence-corrected chi connectivity index (χ0v) is 15.5. The van der Waals surface area contributed by atoms with Crippen LogP contribution in [0.1, 0.15) is 32.8 Å². The lowest BCUT2D eigenvalue weighted by atomic mass is 10.3. The molecule has 2 aromatic rings. The molecule has 0 atom stereocenters. The largest absolute Gasteiger partial charge is 0.494 e. The highest BCUT2D eigenvalue weighted by Gasteiger charge is 2.05. The van der Waals surface area contributed by atoms with Crippen LogP contribution in [0.3, 0.4) is 0 Å². The van der Waals surface area contributed by atoms with Crippen molar-refractivity contribution in [2.24, 2.45) is 0 Å². The van der Waals surface area contributed by atoms with Gasteiger partial charge in [-0.3, -0.25) is 4.79 Å². The van der Waals surface area contributed by atoms with Gasteiger partial charge in [-0.05, 0) is 50.1 Å². The van der Waals surface area contributed by atoms with Crippen LogP contribution in [0.25, 0.3) is 0 Å². The molecule has 0 aliphatic rings. The number of hydrogen-bond donors (Lipinski definition) is 1. The lowest BCUT2D eigenvalue weighted by molar-refractivity contribution is -0.123. The SMILES string of the molecule is CCCOc1ccc(OCC(=O)NCc2ccc(OC(C)C)nc2)cc1. The first kappa shape index (κ1) is 19.6. The lowest BCUT2D eigenvalue weighted by Crippen LogP contribution is -2.28. The molecule has 26 heavy (non-hydrogen) atoms. The Bertz CT molecular complexity index is 669. The highest BCUT2D eigenvalue weighted by atomic mass is 16.5. The molecule has 0 unspecified atom stereocenters. The summed E-state index contributed by atoms with van der Waals surface area (Å²) >= 11 is 0. The predicted octanol–water partition coefficient (Wildman–Crippen LogP) is 3.35. The Morgan fingerprint density at radius 1 is 1.08 bits per heavy atom. The Balaban J connectivity index is 1.71. The van der Waals surface area contributed by atoms with Gasteiger partial charge >= 0.3 is 0 Å². The van der Waals surface area contributed by atoms with Crippen molar-refractivity contribution in [3.8, 4) is 17.4 Å². The van der Waals surface area contributed by atoms with Crippen molar-refractivity contribution in [3.63, 3.8) is 0 Å². The number of rotatable bonds is 10. The number of carbonyl (C=O) groups excluding carboxylic acids is 1.